The maximum atomic E-state index is 11.6. The van der Waals surface area contributed by atoms with E-state index in [-0.39, 0.29) is 15.7 Å². The third kappa shape index (κ3) is 3.08. The number of aromatic nitrogens is 1. The Balaban J connectivity index is 2.81. The van der Waals surface area contributed by atoms with Gasteiger partial charge in [0.15, 0.2) is 0 Å². The summed E-state index contributed by atoms with van der Waals surface area (Å²) >= 11 is 11.3. The summed E-state index contributed by atoms with van der Waals surface area (Å²) in [5.41, 5.74) is 5.21. The summed E-state index contributed by atoms with van der Waals surface area (Å²) in [6, 6.07) is 0.599. The van der Waals surface area contributed by atoms with Gasteiger partial charge in [0, 0.05) is 6.20 Å². The van der Waals surface area contributed by atoms with E-state index in [4.69, 9.17) is 28.9 Å². The van der Waals surface area contributed by atoms with Gasteiger partial charge in [0.2, 0.25) is 5.91 Å². The molecule has 0 aliphatic rings. The average molecular weight is 262 g/mol. The normalized spacial score (nSPS) is 11.9. The van der Waals surface area contributed by atoms with Crippen molar-refractivity contribution in [3.8, 4) is 0 Å². The van der Waals surface area contributed by atoms with Gasteiger partial charge in [0.25, 0.3) is 5.91 Å². The van der Waals surface area contributed by atoms with Crippen LogP contribution in [0.5, 0.6) is 0 Å². The summed E-state index contributed by atoms with van der Waals surface area (Å²) in [4.78, 5) is 26.0. The van der Waals surface area contributed by atoms with Crippen molar-refractivity contribution in [2.45, 2.75) is 13.0 Å². The van der Waals surface area contributed by atoms with Crippen LogP contribution in [0.3, 0.4) is 0 Å². The molecule has 0 aliphatic carbocycles. The number of carbonyl (C=O) groups is 2. The van der Waals surface area contributed by atoms with Crippen LogP contribution < -0.4 is 11.1 Å². The number of nitrogens with two attached hydrogens (primary N) is 1. The maximum absolute atomic E-state index is 11.6. The Morgan fingerprint density at radius 2 is 2.12 bits per heavy atom. The SMILES string of the molecule is CC(NC(=O)c1cnc(Cl)c(Cl)c1)C(N)=O. The molecule has 86 valence electrons. The molecule has 1 rings (SSSR count). The van der Waals surface area contributed by atoms with Crippen molar-refractivity contribution in [3.05, 3.63) is 28.0 Å². The number of nitrogens with one attached hydrogen (secondary N) is 1. The molecule has 1 unspecified atom stereocenters. The second-order valence-corrected chi connectivity index (χ2v) is 3.86. The first-order chi connectivity index (χ1) is 7.41. The molecule has 0 fully saturated rings. The molecular weight excluding hydrogens is 253 g/mol. The van der Waals surface area contributed by atoms with Gasteiger partial charge in [-0.2, -0.15) is 0 Å². The molecule has 0 aromatic carbocycles. The van der Waals surface area contributed by atoms with Crippen LogP contribution in [0.1, 0.15) is 17.3 Å². The Hall–Kier alpha value is -1.33. The number of rotatable bonds is 3. The lowest BCUT2D eigenvalue weighted by atomic mass is 10.2. The van der Waals surface area contributed by atoms with Crippen LogP contribution in [0.25, 0.3) is 0 Å². The summed E-state index contributed by atoms with van der Waals surface area (Å²) in [5, 5.41) is 2.67. The van der Waals surface area contributed by atoms with Crippen molar-refractivity contribution in [2.24, 2.45) is 5.73 Å². The van der Waals surface area contributed by atoms with Crippen LogP contribution in [0.2, 0.25) is 10.2 Å². The fourth-order valence-electron chi connectivity index (χ4n) is 0.897. The molecule has 7 heteroatoms. The molecular formula is C9H9Cl2N3O2. The van der Waals surface area contributed by atoms with Crippen LogP contribution in [-0.2, 0) is 4.79 Å². The molecule has 0 spiro atoms. The monoisotopic (exact) mass is 261 g/mol. The first kappa shape index (κ1) is 12.7. The number of halogens is 2. The second kappa shape index (κ2) is 5.14. The minimum atomic E-state index is -0.762. The highest BCUT2D eigenvalue weighted by molar-refractivity contribution is 6.41. The summed E-state index contributed by atoms with van der Waals surface area (Å²) in [6.45, 7) is 1.48. The Kier molecular flexibility index (Phi) is 4.09. The number of hydrogen-bond acceptors (Lipinski definition) is 3. The summed E-state index contributed by atoms with van der Waals surface area (Å²) < 4.78 is 0. The van der Waals surface area contributed by atoms with Gasteiger partial charge < -0.3 is 11.1 Å². The molecule has 0 saturated carbocycles. The predicted molar refractivity (Wildman–Crippen MR) is 60.4 cm³/mol. The molecule has 16 heavy (non-hydrogen) atoms. The minimum Gasteiger partial charge on any atom is -0.368 e. The topological polar surface area (TPSA) is 85.1 Å². The van der Waals surface area contributed by atoms with E-state index in [1.807, 2.05) is 0 Å². The zero-order valence-corrected chi connectivity index (χ0v) is 9.84. The smallest absolute Gasteiger partial charge is 0.253 e. The summed E-state index contributed by atoms with van der Waals surface area (Å²) in [7, 11) is 0. The van der Waals surface area contributed by atoms with Gasteiger partial charge in [-0.15, -0.1) is 0 Å². The van der Waals surface area contributed by atoms with E-state index in [9.17, 15) is 9.59 Å². The van der Waals surface area contributed by atoms with Crippen LogP contribution >= 0.6 is 23.2 Å². The number of pyridine rings is 1. The molecule has 5 nitrogen and oxygen atoms in total. The largest absolute Gasteiger partial charge is 0.368 e. The van der Waals surface area contributed by atoms with E-state index in [0.717, 1.165) is 0 Å². The fourth-order valence-corrected chi connectivity index (χ4v) is 1.17. The van der Waals surface area contributed by atoms with E-state index >= 15 is 0 Å². The van der Waals surface area contributed by atoms with E-state index in [1.54, 1.807) is 0 Å². The van der Waals surface area contributed by atoms with Gasteiger partial charge in [-0.1, -0.05) is 23.2 Å². The lowest BCUT2D eigenvalue weighted by Crippen LogP contribution is -2.42. The zero-order valence-electron chi connectivity index (χ0n) is 8.33. The molecule has 0 saturated heterocycles. The minimum absolute atomic E-state index is 0.112. The fraction of sp³-hybridized carbons (Fsp3) is 0.222. The van der Waals surface area contributed by atoms with Crippen molar-refractivity contribution in [1.82, 2.24) is 10.3 Å². The number of hydrogen-bond donors (Lipinski definition) is 2. The first-order valence-corrected chi connectivity index (χ1v) is 5.08. The van der Waals surface area contributed by atoms with E-state index in [1.165, 1.54) is 19.2 Å². The van der Waals surface area contributed by atoms with Crippen LogP contribution in [0.15, 0.2) is 12.3 Å². The molecule has 1 aromatic rings. The van der Waals surface area contributed by atoms with Gasteiger partial charge in [-0.05, 0) is 13.0 Å². The number of amides is 2. The van der Waals surface area contributed by atoms with Crippen LogP contribution in [-0.4, -0.2) is 22.8 Å². The highest BCUT2D eigenvalue weighted by Crippen LogP contribution is 2.19. The third-order valence-electron chi connectivity index (χ3n) is 1.83. The van der Waals surface area contributed by atoms with E-state index in [0.29, 0.717) is 0 Å². The molecule has 3 N–H and O–H groups in total. The molecule has 0 aliphatic heterocycles. The second-order valence-electron chi connectivity index (χ2n) is 3.09. The van der Waals surface area contributed by atoms with Crippen molar-refractivity contribution in [1.29, 1.82) is 0 Å². The van der Waals surface area contributed by atoms with E-state index in [2.05, 4.69) is 10.3 Å². The highest BCUT2D eigenvalue weighted by atomic mass is 35.5. The number of nitrogens with zero attached hydrogens (tertiary/aromatic N) is 1. The van der Waals surface area contributed by atoms with Crippen LogP contribution in [0, 0.1) is 0 Å². The summed E-state index contributed by atoms with van der Waals surface area (Å²) in [6.07, 6.45) is 1.26. The standard InChI is InChI=1S/C9H9Cl2N3O2/c1-4(8(12)15)14-9(16)5-2-6(10)7(11)13-3-5/h2-4H,1H3,(H2,12,15)(H,14,16). The highest BCUT2D eigenvalue weighted by Gasteiger charge is 2.14. The molecule has 0 bridgehead atoms. The van der Waals surface area contributed by atoms with Crippen molar-refractivity contribution >= 4 is 35.0 Å². The average Bonchev–Trinajstić information content (AvgIpc) is 2.21. The van der Waals surface area contributed by atoms with Gasteiger partial charge in [-0.25, -0.2) is 4.98 Å². The Morgan fingerprint density at radius 1 is 1.50 bits per heavy atom. The van der Waals surface area contributed by atoms with Gasteiger partial charge >= 0.3 is 0 Å². The Morgan fingerprint density at radius 3 is 2.62 bits per heavy atom. The third-order valence-corrected chi connectivity index (χ3v) is 2.52. The maximum Gasteiger partial charge on any atom is 0.253 e. The van der Waals surface area contributed by atoms with Crippen LogP contribution in [0.4, 0.5) is 0 Å². The quantitative estimate of drug-likeness (QED) is 0.796. The van der Waals surface area contributed by atoms with Gasteiger partial charge in [0.1, 0.15) is 11.2 Å². The molecule has 1 atom stereocenters. The molecule has 1 aromatic heterocycles. The number of primary amides is 1. The van der Waals surface area contributed by atoms with Gasteiger partial charge in [-0.3, -0.25) is 9.59 Å². The molecule has 0 radical (unpaired) electrons. The lowest BCUT2D eigenvalue weighted by molar-refractivity contribution is -0.119. The van der Waals surface area contributed by atoms with Crippen molar-refractivity contribution in [3.63, 3.8) is 0 Å². The molecule has 1 heterocycles. The lowest BCUT2D eigenvalue weighted by Gasteiger charge is -2.09. The van der Waals surface area contributed by atoms with Crippen molar-refractivity contribution < 1.29 is 9.59 Å². The first-order valence-electron chi connectivity index (χ1n) is 4.33. The Bertz CT molecular complexity index is 437. The van der Waals surface area contributed by atoms with Crippen molar-refractivity contribution in [2.75, 3.05) is 0 Å². The Labute approximate surface area is 102 Å². The predicted octanol–water partition coefficient (Wildman–Crippen LogP) is 0.992. The number of carbonyl (C=O) groups excluding carboxylic acids is 2. The summed E-state index contributed by atoms with van der Waals surface area (Å²) in [5.74, 6) is -1.11. The molecule has 2 amide bonds. The van der Waals surface area contributed by atoms with E-state index < -0.39 is 17.9 Å². The van der Waals surface area contributed by atoms with Gasteiger partial charge in [0.05, 0.1) is 10.6 Å². The zero-order chi connectivity index (χ0) is 12.3.